The van der Waals surface area contributed by atoms with Gasteiger partial charge in [-0.3, -0.25) is 0 Å². The molecule has 0 bridgehead atoms. The van der Waals surface area contributed by atoms with E-state index in [1.165, 1.54) is 30.4 Å². The molecule has 6 nitrogen and oxygen atoms in total. The first-order valence-corrected chi connectivity index (χ1v) is 10.3. The molecule has 0 radical (unpaired) electrons. The second-order valence-electron chi connectivity index (χ2n) is 7.49. The van der Waals surface area contributed by atoms with Crippen molar-refractivity contribution in [2.45, 2.75) is 52.2 Å². The molecule has 158 valence electrons. The Balaban J connectivity index is 0.00000256. The molecule has 0 spiro atoms. The lowest BCUT2D eigenvalue weighted by Gasteiger charge is -2.13. The van der Waals surface area contributed by atoms with Crippen LogP contribution in [0.15, 0.2) is 59.6 Å². The Bertz CT molecular complexity index is 950. The van der Waals surface area contributed by atoms with E-state index in [0.717, 1.165) is 36.3 Å². The lowest BCUT2D eigenvalue weighted by molar-refractivity contribution is 0.598. The van der Waals surface area contributed by atoms with Gasteiger partial charge in [0.25, 0.3) is 0 Å². The normalized spacial score (nSPS) is 13.7. The monoisotopic (exact) mass is 516 g/mol. The van der Waals surface area contributed by atoms with Gasteiger partial charge in [0.1, 0.15) is 5.82 Å². The van der Waals surface area contributed by atoms with Crippen molar-refractivity contribution in [1.82, 2.24) is 20.1 Å². The summed E-state index contributed by atoms with van der Waals surface area (Å²) in [6.07, 6.45) is 4.66. The average molecular weight is 516 g/mol. The van der Waals surface area contributed by atoms with Gasteiger partial charge in [-0.15, -0.1) is 34.2 Å². The molecule has 0 fully saturated rings. The second-order valence-corrected chi connectivity index (χ2v) is 7.49. The summed E-state index contributed by atoms with van der Waals surface area (Å²) in [6.45, 7) is 4.31. The molecule has 0 atom stereocenters. The smallest absolute Gasteiger partial charge is 0.196 e. The number of anilines is 1. The highest BCUT2D eigenvalue weighted by Crippen LogP contribution is 2.14. The number of rotatable bonds is 5. The fourth-order valence-corrected chi connectivity index (χ4v) is 3.50. The molecule has 7 heteroatoms. The summed E-state index contributed by atoms with van der Waals surface area (Å²) < 4.78 is 2.26. The predicted octanol–water partition coefficient (Wildman–Crippen LogP) is 4.69. The molecular weight excluding hydrogens is 487 g/mol. The standard InChI is InChI=1S/C23H28N6.HI/c1-18-11-13-19(14-12-18)16-24-23(26-20-8-4-2-5-9-20)25-17-22-28-27-21-10-6-3-7-15-29(21)22;/h2,4-5,8-9,11-14H,3,6-7,10,15-17H2,1H3,(H2,24,25,26);1H. The van der Waals surface area contributed by atoms with E-state index in [1.807, 2.05) is 30.3 Å². The molecule has 3 aromatic rings. The van der Waals surface area contributed by atoms with Crippen LogP contribution in [0, 0.1) is 6.92 Å². The van der Waals surface area contributed by atoms with Crippen LogP contribution in [0.3, 0.4) is 0 Å². The van der Waals surface area contributed by atoms with Crippen molar-refractivity contribution in [2.75, 3.05) is 5.32 Å². The third-order valence-corrected chi connectivity index (χ3v) is 5.18. The Morgan fingerprint density at radius 3 is 2.60 bits per heavy atom. The van der Waals surface area contributed by atoms with Gasteiger partial charge in [0.05, 0.1) is 13.1 Å². The van der Waals surface area contributed by atoms with Crippen molar-refractivity contribution in [1.29, 1.82) is 0 Å². The molecule has 1 aromatic heterocycles. The molecule has 0 unspecified atom stereocenters. The average Bonchev–Trinajstić information content (AvgIpc) is 2.98. The zero-order valence-corrected chi connectivity index (χ0v) is 19.7. The van der Waals surface area contributed by atoms with Crippen LogP contribution < -0.4 is 10.6 Å². The predicted molar refractivity (Wildman–Crippen MR) is 132 cm³/mol. The van der Waals surface area contributed by atoms with Gasteiger partial charge < -0.3 is 15.2 Å². The van der Waals surface area contributed by atoms with E-state index in [1.54, 1.807) is 0 Å². The van der Waals surface area contributed by atoms with Crippen molar-refractivity contribution >= 4 is 35.6 Å². The van der Waals surface area contributed by atoms with Crippen molar-refractivity contribution < 1.29 is 0 Å². The van der Waals surface area contributed by atoms with E-state index < -0.39 is 0 Å². The number of guanidine groups is 1. The van der Waals surface area contributed by atoms with E-state index >= 15 is 0 Å². The number of aryl methyl sites for hydroxylation is 2. The zero-order chi connectivity index (χ0) is 19.9. The van der Waals surface area contributed by atoms with Gasteiger partial charge >= 0.3 is 0 Å². The maximum Gasteiger partial charge on any atom is 0.196 e. The van der Waals surface area contributed by atoms with Gasteiger partial charge in [0.15, 0.2) is 11.8 Å². The van der Waals surface area contributed by atoms with Crippen LogP contribution in [-0.2, 0) is 26.1 Å². The first-order chi connectivity index (χ1) is 14.3. The fraction of sp³-hybridized carbons (Fsp3) is 0.348. The third kappa shape index (κ3) is 6.04. The van der Waals surface area contributed by atoms with Crippen LogP contribution in [0.25, 0.3) is 0 Å². The molecule has 0 amide bonds. The molecule has 4 rings (SSSR count). The van der Waals surface area contributed by atoms with Crippen LogP contribution in [0.2, 0.25) is 0 Å². The topological polar surface area (TPSA) is 67.1 Å². The van der Waals surface area contributed by atoms with Gasteiger partial charge in [-0.05, 0) is 37.5 Å². The minimum Gasteiger partial charge on any atom is -0.349 e. The fourth-order valence-electron chi connectivity index (χ4n) is 3.50. The van der Waals surface area contributed by atoms with E-state index in [9.17, 15) is 0 Å². The molecule has 2 aromatic carbocycles. The van der Waals surface area contributed by atoms with Crippen LogP contribution >= 0.6 is 24.0 Å². The third-order valence-electron chi connectivity index (χ3n) is 5.18. The highest BCUT2D eigenvalue weighted by molar-refractivity contribution is 14.0. The molecular formula is C23H29IN6. The largest absolute Gasteiger partial charge is 0.349 e. The summed E-state index contributed by atoms with van der Waals surface area (Å²) in [7, 11) is 0. The number of nitrogens with zero attached hydrogens (tertiary/aromatic N) is 4. The summed E-state index contributed by atoms with van der Waals surface area (Å²) in [6, 6.07) is 18.6. The Hall–Kier alpha value is -2.42. The summed E-state index contributed by atoms with van der Waals surface area (Å²) in [5, 5.41) is 15.6. The molecule has 2 heterocycles. The molecule has 1 aliphatic heterocycles. The lowest BCUT2D eigenvalue weighted by Crippen LogP contribution is -2.31. The van der Waals surface area contributed by atoms with Gasteiger partial charge in [0, 0.05) is 18.7 Å². The SMILES string of the molecule is Cc1ccc(CN=C(NCc2nnc3n2CCCCC3)Nc2ccccc2)cc1.I. The van der Waals surface area contributed by atoms with Crippen molar-refractivity contribution in [2.24, 2.45) is 4.99 Å². The number of benzene rings is 2. The number of aromatic nitrogens is 3. The minimum absolute atomic E-state index is 0. The van der Waals surface area contributed by atoms with Crippen LogP contribution in [0.4, 0.5) is 5.69 Å². The van der Waals surface area contributed by atoms with Gasteiger partial charge in [0.2, 0.25) is 0 Å². The quantitative estimate of drug-likeness (QED) is 0.294. The number of aliphatic imine (C=N–C) groups is 1. The minimum atomic E-state index is 0. The summed E-state index contributed by atoms with van der Waals surface area (Å²) in [5.74, 6) is 2.82. The highest BCUT2D eigenvalue weighted by Gasteiger charge is 2.14. The first-order valence-electron chi connectivity index (χ1n) is 10.3. The molecule has 30 heavy (non-hydrogen) atoms. The van der Waals surface area contributed by atoms with Crippen molar-refractivity contribution in [3.05, 3.63) is 77.4 Å². The molecule has 0 saturated carbocycles. The Morgan fingerprint density at radius 2 is 1.80 bits per heavy atom. The highest BCUT2D eigenvalue weighted by atomic mass is 127. The molecule has 1 aliphatic rings. The van der Waals surface area contributed by atoms with Crippen molar-refractivity contribution in [3.8, 4) is 0 Å². The Kier molecular flexibility index (Phi) is 8.24. The molecule has 0 aliphatic carbocycles. The van der Waals surface area contributed by atoms with E-state index in [2.05, 4.69) is 56.6 Å². The molecule has 2 N–H and O–H groups in total. The van der Waals surface area contributed by atoms with Crippen LogP contribution in [0.1, 0.15) is 42.0 Å². The van der Waals surface area contributed by atoms with Crippen LogP contribution in [0.5, 0.6) is 0 Å². The summed E-state index contributed by atoms with van der Waals surface area (Å²) in [5.41, 5.74) is 3.44. The Labute approximate surface area is 195 Å². The lowest BCUT2D eigenvalue weighted by atomic mass is 10.1. The maximum absolute atomic E-state index is 4.79. The number of fused-ring (bicyclic) bond motifs is 1. The summed E-state index contributed by atoms with van der Waals surface area (Å²) in [4.78, 5) is 4.79. The Morgan fingerprint density at radius 1 is 1.00 bits per heavy atom. The van der Waals surface area contributed by atoms with E-state index in [-0.39, 0.29) is 24.0 Å². The van der Waals surface area contributed by atoms with Gasteiger partial charge in [-0.2, -0.15) is 0 Å². The summed E-state index contributed by atoms with van der Waals surface area (Å²) >= 11 is 0. The zero-order valence-electron chi connectivity index (χ0n) is 17.3. The van der Waals surface area contributed by atoms with E-state index in [4.69, 9.17) is 4.99 Å². The maximum atomic E-state index is 4.79. The van der Waals surface area contributed by atoms with Gasteiger partial charge in [-0.1, -0.05) is 54.4 Å². The van der Waals surface area contributed by atoms with Crippen molar-refractivity contribution in [3.63, 3.8) is 0 Å². The second kappa shape index (κ2) is 11.1. The van der Waals surface area contributed by atoms with Crippen LogP contribution in [-0.4, -0.2) is 20.7 Å². The molecule has 0 saturated heterocycles. The van der Waals surface area contributed by atoms with Gasteiger partial charge in [-0.25, -0.2) is 4.99 Å². The first kappa shape index (κ1) is 22.3. The van der Waals surface area contributed by atoms with E-state index in [0.29, 0.717) is 13.1 Å². The number of hydrogen-bond donors (Lipinski definition) is 2. The number of hydrogen-bond acceptors (Lipinski definition) is 3. The number of nitrogens with one attached hydrogen (secondary N) is 2. The number of halogens is 1. The number of para-hydroxylation sites is 1.